The molecule has 1 saturated heterocycles. The third-order valence-electron chi connectivity index (χ3n) is 3.48. The number of carbonyl (C=O) groups excluding carboxylic acids is 3. The number of nitrogens with one attached hydrogen (secondary N) is 1. The van der Waals surface area contributed by atoms with Crippen LogP contribution in [0.1, 0.15) is 15.9 Å². The van der Waals surface area contributed by atoms with E-state index < -0.39 is 17.1 Å². The lowest BCUT2D eigenvalue weighted by molar-refractivity contribution is -0.115. The fourth-order valence-electron chi connectivity index (χ4n) is 2.27. The van der Waals surface area contributed by atoms with Crippen LogP contribution < -0.4 is 14.8 Å². The molecule has 3 rings (SSSR count). The summed E-state index contributed by atoms with van der Waals surface area (Å²) in [5.41, 5.74) is 0.683. The molecule has 0 spiro atoms. The van der Waals surface area contributed by atoms with Crippen LogP contribution >= 0.6 is 35.0 Å². The molecule has 0 bridgehead atoms. The van der Waals surface area contributed by atoms with Crippen molar-refractivity contribution in [3.8, 4) is 11.5 Å². The maximum atomic E-state index is 12.4. The molecule has 1 fully saturated rings. The van der Waals surface area contributed by atoms with Crippen LogP contribution in [0.5, 0.6) is 11.5 Å². The number of rotatable bonds is 4. The third kappa shape index (κ3) is 4.27. The highest BCUT2D eigenvalue weighted by molar-refractivity contribution is 8.18. The van der Waals surface area contributed by atoms with Crippen molar-refractivity contribution in [1.82, 2.24) is 5.32 Å². The molecule has 9 heteroatoms. The number of hydrogen-bond acceptors (Lipinski definition) is 6. The molecule has 1 N–H and O–H groups in total. The molecular formula is C18H11Cl2NO5S. The van der Waals surface area contributed by atoms with Crippen LogP contribution in [0.3, 0.4) is 0 Å². The zero-order valence-corrected chi connectivity index (χ0v) is 16.1. The molecule has 2 amide bonds. The van der Waals surface area contributed by atoms with Crippen molar-refractivity contribution in [2.45, 2.75) is 0 Å². The summed E-state index contributed by atoms with van der Waals surface area (Å²) in [6.45, 7) is 0. The van der Waals surface area contributed by atoms with Crippen LogP contribution in [0.2, 0.25) is 10.0 Å². The number of esters is 1. The Hall–Kier alpha value is -2.48. The number of benzene rings is 2. The first-order valence-corrected chi connectivity index (χ1v) is 9.05. The normalized spacial score (nSPS) is 15.0. The molecule has 2 aromatic carbocycles. The van der Waals surface area contributed by atoms with Crippen molar-refractivity contribution in [1.29, 1.82) is 0 Å². The number of carbonyl (C=O) groups is 3. The van der Waals surface area contributed by atoms with E-state index in [1.807, 2.05) is 0 Å². The minimum atomic E-state index is -0.691. The molecule has 0 radical (unpaired) electrons. The van der Waals surface area contributed by atoms with E-state index in [2.05, 4.69) is 5.32 Å². The first-order chi connectivity index (χ1) is 12.9. The van der Waals surface area contributed by atoms with Crippen molar-refractivity contribution >= 4 is 58.2 Å². The Bertz CT molecular complexity index is 990. The van der Waals surface area contributed by atoms with Crippen molar-refractivity contribution in [3.05, 3.63) is 62.5 Å². The van der Waals surface area contributed by atoms with Crippen LogP contribution in [0.25, 0.3) is 6.08 Å². The highest BCUT2D eigenvalue weighted by Crippen LogP contribution is 2.38. The van der Waals surface area contributed by atoms with Gasteiger partial charge in [-0.1, -0.05) is 35.3 Å². The summed E-state index contributed by atoms with van der Waals surface area (Å²) in [5.74, 6) is -0.979. The summed E-state index contributed by atoms with van der Waals surface area (Å²) in [6.07, 6.45) is 1.49. The second-order valence-corrected chi connectivity index (χ2v) is 7.08. The Kier molecular flexibility index (Phi) is 5.74. The van der Waals surface area contributed by atoms with Gasteiger partial charge in [-0.05, 0) is 47.7 Å². The number of imide groups is 1. The van der Waals surface area contributed by atoms with Crippen molar-refractivity contribution in [2.75, 3.05) is 7.11 Å². The molecule has 0 atom stereocenters. The molecule has 138 valence electrons. The smallest absolute Gasteiger partial charge is 0.345 e. The van der Waals surface area contributed by atoms with Crippen molar-refractivity contribution < 1.29 is 23.9 Å². The Morgan fingerprint density at radius 1 is 1.15 bits per heavy atom. The van der Waals surface area contributed by atoms with Gasteiger partial charge in [0.25, 0.3) is 11.1 Å². The number of amides is 2. The summed E-state index contributed by atoms with van der Waals surface area (Å²) in [5, 5.41) is 2.05. The summed E-state index contributed by atoms with van der Waals surface area (Å²) < 4.78 is 10.6. The zero-order chi connectivity index (χ0) is 19.6. The first-order valence-electron chi connectivity index (χ1n) is 7.48. The van der Waals surface area contributed by atoms with Crippen LogP contribution in [0, 0.1) is 0 Å². The van der Waals surface area contributed by atoms with E-state index in [9.17, 15) is 14.4 Å². The lowest BCUT2D eigenvalue weighted by Crippen LogP contribution is -2.17. The maximum absolute atomic E-state index is 12.4. The number of thioether (sulfide) groups is 1. The number of methoxy groups -OCH3 is 1. The topological polar surface area (TPSA) is 81.7 Å². The Morgan fingerprint density at radius 2 is 1.89 bits per heavy atom. The van der Waals surface area contributed by atoms with Gasteiger partial charge in [-0.3, -0.25) is 14.9 Å². The highest BCUT2D eigenvalue weighted by Gasteiger charge is 2.25. The summed E-state index contributed by atoms with van der Waals surface area (Å²) in [4.78, 5) is 35.5. The van der Waals surface area contributed by atoms with Gasteiger partial charge in [0.15, 0.2) is 11.5 Å². The van der Waals surface area contributed by atoms with Gasteiger partial charge in [0, 0.05) is 0 Å². The van der Waals surface area contributed by atoms with E-state index >= 15 is 0 Å². The molecule has 27 heavy (non-hydrogen) atoms. The van der Waals surface area contributed by atoms with Crippen LogP contribution in [0.15, 0.2) is 41.3 Å². The average Bonchev–Trinajstić information content (AvgIpc) is 2.94. The van der Waals surface area contributed by atoms with E-state index in [0.29, 0.717) is 5.56 Å². The van der Waals surface area contributed by atoms with Crippen LogP contribution in [-0.4, -0.2) is 24.2 Å². The molecule has 1 aliphatic heterocycles. The number of halogens is 2. The summed E-state index contributed by atoms with van der Waals surface area (Å²) in [6, 6.07) is 9.46. The standard InChI is InChI=1S/C18H11Cl2NO5S/c1-25-13-7-9(8-14-16(22)21-18(24)27-14)6-12(20)15(13)26-17(23)10-4-2-3-5-11(10)19/h2-8H,1H3,(H,21,22,24)/b14-8-. The van der Waals surface area contributed by atoms with E-state index in [1.165, 1.54) is 31.4 Å². The minimum absolute atomic E-state index is 0.0193. The Labute approximate surface area is 168 Å². The summed E-state index contributed by atoms with van der Waals surface area (Å²) >= 11 is 13.0. The van der Waals surface area contributed by atoms with E-state index in [4.69, 9.17) is 32.7 Å². The van der Waals surface area contributed by atoms with Crippen molar-refractivity contribution in [2.24, 2.45) is 0 Å². The lowest BCUT2D eigenvalue weighted by atomic mass is 10.1. The van der Waals surface area contributed by atoms with E-state index in [-0.39, 0.29) is 32.0 Å². The van der Waals surface area contributed by atoms with E-state index in [0.717, 1.165) is 11.8 Å². The van der Waals surface area contributed by atoms with Gasteiger partial charge >= 0.3 is 5.97 Å². The third-order valence-corrected chi connectivity index (χ3v) is 4.90. The Morgan fingerprint density at radius 3 is 2.52 bits per heavy atom. The zero-order valence-electron chi connectivity index (χ0n) is 13.7. The second kappa shape index (κ2) is 8.04. The molecule has 1 heterocycles. The van der Waals surface area contributed by atoms with Gasteiger partial charge in [0.2, 0.25) is 0 Å². The molecule has 0 aliphatic carbocycles. The lowest BCUT2D eigenvalue weighted by Gasteiger charge is -2.12. The highest BCUT2D eigenvalue weighted by atomic mass is 35.5. The Balaban J connectivity index is 1.92. The second-order valence-electron chi connectivity index (χ2n) is 5.26. The van der Waals surface area contributed by atoms with Gasteiger partial charge in [-0.15, -0.1) is 0 Å². The molecule has 0 saturated carbocycles. The molecule has 6 nitrogen and oxygen atoms in total. The largest absolute Gasteiger partial charge is 0.493 e. The summed E-state index contributed by atoms with van der Waals surface area (Å²) in [7, 11) is 1.38. The van der Waals surface area contributed by atoms with Crippen LogP contribution in [-0.2, 0) is 4.79 Å². The number of ether oxygens (including phenoxy) is 2. The van der Waals surface area contributed by atoms with Gasteiger partial charge in [-0.2, -0.15) is 0 Å². The van der Waals surface area contributed by atoms with Crippen molar-refractivity contribution in [3.63, 3.8) is 0 Å². The predicted octanol–water partition coefficient (Wildman–Crippen LogP) is 4.55. The van der Waals surface area contributed by atoms with Gasteiger partial charge in [-0.25, -0.2) is 4.79 Å². The van der Waals surface area contributed by atoms with Gasteiger partial charge < -0.3 is 9.47 Å². The molecule has 2 aromatic rings. The first kappa shape index (κ1) is 19.3. The predicted molar refractivity (Wildman–Crippen MR) is 104 cm³/mol. The van der Waals surface area contributed by atoms with Crippen LogP contribution in [0.4, 0.5) is 4.79 Å². The SMILES string of the molecule is COc1cc(/C=C2\SC(=O)NC2=O)cc(Cl)c1OC(=O)c1ccccc1Cl. The monoisotopic (exact) mass is 423 g/mol. The molecule has 0 unspecified atom stereocenters. The molecule has 1 aliphatic rings. The molecular weight excluding hydrogens is 413 g/mol. The molecule has 0 aromatic heterocycles. The number of hydrogen-bond donors (Lipinski definition) is 1. The fourth-order valence-corrected chi connectivity index (χ4v) is 3.42. The maximum Gasteiger partial charge on any atom is 0.345 e. The average molecular weight is 424 g/mol. The quantitative estimate of drug-likeness (QED) is 0.441. The van der Waals surface area contributed by atoms with E-state index in [1.54, 1.807) is 18.2 Å². The van der Waals surface area contributed by atoms with Gasteiger partial charge in [0.1, 0.15) is 0 Å². The fraction of sp³-hybridized carbons (Fsp3) is 0.0556. The minimum Gasteiger partial charge on any atom is -0.493 e. The van der Waals surface area contributed by atoms with Gasteiger partial charge in [0.05, 0.1) is 27.6 Å².